The van der Waals surface area contributed by atoms with E-state index in [0.717, 1.165) is 19.3 Å². The predicted molar refractivity (Wildman–Crippen MR) is 72.4 cm³/mol. The molecular formula is C14H23NO4. The number of nitrogens with zero attached hydrogens (tertiary/aromatic N) is 1. The van der Waals surface area contributed by atoms with Crippen molar-refractivity contribution in [2.24, 2.45) is 0 Å². The maximum atomic E-state index is 11.1. The quantitative estimate of drug-likeness (QED) is 0.321. The molecule has 0 heterocycles. The summed E-state index contributed by atoms with van der Waals surface area (Å²) in [5.41, 5.74) is 0.181. The Morgan fingerprint density at radius 3 is 2.53 bits per heavy atom. The van der Waals surface area contributed by atoms with Crippen LogP contribution in [0, 0.1) is 10.1 Å². The van der Waals surface area contributed by atoms with Crippen molar-refractivity contribution < 1.29 is 14.5 Å². The van der Waals surface area contributed by atoms with Crippen molar-refractivity contribution in [2.75, 3.05) is 0 Å². The third kappa shape index (κ3) is 4.65. The Kier molecular flexibility index (Phi) is 5.51. The number of ether oxygens (including phenoxy) is 1. The van der Waals surface area contributed by atoms with Crippen LogP contribution >= 0.6 is 0 Å². The fraction of sp³-hybridized carbons (Fsp3) is 0.786. The molecule has 1 aliphatic rings. The summed E-state index contributed by atoms with van der Waals surface area (Å²) in [5, 5.41) is 11.1. The van der Waals surface area contributed by atoms with Gasteiger partial charge in [0.05, 0.1) is 0 Å². The molecule has 5 heteroatoms. The van der Waals surface area contributed by atoms with Crippen LogP contribution in [-0.4, -0.2) is 22.5 Å². The molecule has 5 nitrogen and oxygen atoms in total. The van der Waals surface area contributed by atoms with Gasteiger partial charge in [0.25, 0.3) is 5.54 Å². The van der Waals surface area contributed by atoms with Crippen molar-refractivity contribution in [3.63, 3.8) is 0 Å². The molecular weight excluding hydrogens is 246 g/mol. The zero-order valence-corrected chi connectivity index (χ0v) is 12.0. The number of hydrogen-bond donors (Lipinski definition) is 0. The largest absolute Gasteiger partial charge is 0.455 e. The van der Waals surface area contributed by atoms with Crippen LogP contribution in [0.2, 0.25) is 0 Å². The molecule has 0 saturated heterocycles. The van der Waals surface area contributed by atoms with E-state index in [9.17, 15) is 14.9 Å². The molecule has 0 amide bonds. The van der Waals surface area contributed by atoms with Gasteiger partial charge >= 0.3 is 5.97 Å². The summed E-state index contributed by atoms with van der Waals surface area (Å²) >= 11 is 0. The van der Waals surface area contributed by atoms with Gasteiger partial charge in [0.2, 0.25) is 0 Å². The fourth-order valence-electron chi connectivity index (χ4n) is 2.35. The van der Waals surface area contributed by atoms with Gasteiger partial charge in [-0.25, -0.2) is 0 Å². The highest BCUT2D eigenvalue weighted by Gasteiger charge is 2.42. The van der Waals surface area contributed by atoms with E-state index in [-0.39, 0.29) is 4.92 Å². The van der Waals surface area contributed by atoms with Gasteiger partial charge in [-0.1, -0.05) is 11.6 Å². The summed E-state index contributed by atoms with van der Waals surface area (Å²) in [5.74, 6) is -0.464. The Morgan fingerprint density at radius 2 is 2.05 bits per heavy atom. The lowest BCUT2D eigenvalue weighted by atomic mass is 9.93. The van der Waals surface area contributed by atoms with Gasteiger partial charge in [-0.05, 0) is 38.5 Å². The average molecular weight is 269 g/mol. The van der Waals surface area contributed by atoms with E-state index in [1.807, 2.05) is 0 Å². The molecule has 0 aromatic heterocycles. The third-order valence-corrected chi connectivity index (χ3v) is 3.67. The normalized spacial score (nSPS) is 17.1. The molecule has 1 unspecified atom stereocenters. The Bertz CT molecular complexity index is 366. The van der Waals surface area contributed by atoms with E-state index < -0.39 is 17.6 Å². The minimum atomic E-state index is -1.25. The molecule has 1 atom stereocenters. The van der Waals surface area contributed by atoms with Crippen molar-refractivity contribution in [3.8, 4) is 0 Å². The minimum absolute atomic E-state index is 0.372. The molecule has 108 valence electrons. The maximum absolute atomic E-state index is 11.1. The number of allylic oxidation sites excluding steroid dienone is 2. The zero-order chi connectivity index (χ0) is 14.5. The SMILES string of the molecule is CC(=O)OC(CCC=C1CCCC1)C(C)(C)[N+](=O)[O-]. The van der Waals surface area contributed by atoms with E-state index in [1.54, 1.807) is 0 Å². The molecule has 1 saturated carbocycles. The highest BCUT2D eigenvalue weighted by molar-refractivity contribution is 5.66. The average Bonchev–Trinajstić information content (AvgIpc) is 2.79. The van der Waals surface area contributed by atoms with E-state index in [1.165, 1.54) is 39.2 Å². The molecule has 0 N–H and O–H groups in total. The van der Waals surface area contributed by atoms with Crippen LogP contribution in [0.4, 0.5) is 0 Å². The van der Waals surface area contributed by atoms with Crippen LogP contribution < -0.4 is 0 Å². The highest BCUT2D eigenvalue weighted by Crippen LogP contribution is 2.26. The first-order valence-electron chi connectivity index (χ1n) is 6.83. The summed E-state index contributed by atoms with van der Waals surface area (Å²) < 4.78 is 5.13. The molecule has 0 radical (unpaired) electrons. The maximum Gasteiger partial charge on any atom is 0.303 e. The first-order chi connectivity index (χ1) is 8.84. The van der Waals surface area contributed by atoms with Gasteiger partial charge in [-0.2, -0.15) is 0 Å². The van der Waals surface area contributed by atoms with Crippen LogP contribution in [-0.2, 0) is 9.53 Å². The fourth-order valence-corrected chi connectivity index (χ4v) is 2.35. The molecule has 0 spiro atoms. The van der Waals surface area contributed by atoms with Crippen LogP contribution in [0.5, 0.6) is 0 Å². The molecule has 1 aliphatic carbocycles. The lowest BCUT2D eigenvalue weighted by Gasteiger charge is -2.25. The number of nitro groups is 1. The monoisotopic (exact) mass is 269 g/mol. The van der Waals surface area contributed by atoms with Gasteiger partial charge in [0.1, 0.15) is 0 Å². The summed E-state index contributed by atoms with van der Waals surface area (Å²) in [6.07, 6.45) is 7.44. The lowest BCUT2D eigenvalue weighted by molar-refractivity contribution is -0.573. The Morgan fingerprint density at radius 1 is 1.47 bits per heavy atom. The Hall–Kier alpha value is -1.39. The van der Waals surface area contributed by atoms with Gasteiger partial charge in [-0.15, -0.1) is 0 Å². The number of carbonyl (C=O) groups excluding carboxylic acids is 1. The van der Waals surface area contributed by atoms with E-state index >= 15 is 0 Å². The number of carbonyl (C=O) groups is 1. The molecule has 0 bridgehead atoms. The first kappa shape index (κ1) is 15.7. The van der Waals surface area contributed by atoms with Crippen LogP contribution in [0.15, 0.2) is 11.6 Å². The standard InChI is InChI=1S/C14H23NO4/c1-11(16)19-13(14(2,3)15(17)18)10-6-9-12-7-4-5-8-12/h9,13H,4-8,10H2,1-3H3. The topological polar surface area (TPSA) is 69.4 Å². The van der Waals surface area contributed by atoms with E-state index in [4.69, 9.17) is 4.74 Å². The number of hydrogen-bond acceptors (Lipinski definition) is 4. The summed E-state index contributed by atoms with van der Waals surface area (Å²) in [7, 11) is 0. The van der Waals surface area contributed by atoms with Crippen molar-refractivity contribution in [1.29, 1.82) is 0 Å². The highest BCUT2D eigenvalue weighted by atomic mass is 16.6. The van der Waals surface area contributed by atoms with E-state index in [2.05, 4.69) is 6.08 Å². The minimum Gasteiger partial charge on any atom is -0.455 e. The van der Waals surface area contributed by atoms with Crippen LogP contribution in [0.3, 0.4) is 0 Å². The summed E-state index contributed by atoms with van der Waals surface area (Å²) in [6.45, 7) is 4.30. The van der Waals surface area contributed by atoms with Crippen molar-refractivity contribution in [3.05, 3.63) is 21.8 Å². The van der Waals surface area contributed by atoms with E-state index in [0.29, 0.717) is 6.42 Å². The number of esters is 1. The third-order valence-electron chi connectivity index (χ3n) is 3.67. The molecule has 0 aromatic rings. The second kappa shape index (κ2) is 6.68. The van der Waals surface area contributed by atoms with Gasteiger partial charge in [0, 0.05) is 25.7 Å². The predicted octanol–water partition coefficient (Wildman–Crippen LogP) is 3.25. The lowest BCUT2D eigenvalue weighted by Crippen LogP contribution is -2.46. The first-order valence-corrected chi connectivity index (χ1v) is 6.83. The molecule has 0 aliphatic heterocycles. The van der Waals surface area contributed by atoms with Crippen LogP contribution in [0.25, 0.3) is 0 Å². The summed E-state index contributed by atoms with van der Waals surface area (Å²) in [4.78, 5) is 21.8. The van der Waals surface area contributed by atoms with Gasteiger partial charge in [0.15, 0.2) is 6.10 Å². The second-order valence-electron chi connectivity index (χ2n) is 5.66. The van der Waals surface area contributed by atoms with Gasteiger partial charge < -0.3 is 4.74 Å². The molecule has 19 heavy (non-hydrogen) atoms. The Balaban J connectivity index is 2.61. The van der Waals surface area contributed by atoms with Crippen molar-refractivity contribution >= 4 is 5.97 Å². The Labute approximate surface area is 114 Å². The smallest absolute Gasteiger partial charge is 0.303 e. The molecule has 1 fully saturated rings. The van der Waals surface area contributed by atoms with Crippen LogP contribution in [0.1, 0.15) is 59.3 Å². The number of rotatable bonds is 6. The zero-order valence-electron chi connectivity index (χ0n) is 12.0. The second-order valence-corrected chi connectivity index (χ2v) is 5.66. The van der Waals surface area contributed by atoms with Crippen molar-refractivity contribution in [2.45, 2.75) is 70.9 Å². The summed E-state index contributed by atoms with van der Waals surface area (Å²) in [6, 6.07) is 0. The van der Waals surface area contributed by atoms with Crippen molar-refractivity contribution in [1.82, 2.24) is 0 Å². The molecule has 1 rings (SSSR count). The van der Waals surface area contributed by atoms with Gasteiger partial charge in [-0.3, -0.25) is 14.9 Å². The molecule has 0 aromatic carbocycles.